The second-order valence-electron chi connectivity index (χ2n) is 9.29. The van der Waals surface area contributed by atoms with E-state index in [0.29, 0.717) is 6.04 Å². The third-order valence-electron chi connectivity index (χ3n) is 6.87. The van der Waals surface area contributed by atoms with E-state index in [1.807, 2.05) is 12.1 Å². The molecule has 0 atom stereocenters. The highest BCUT2D eigenvalue weighted by atomic mass is 15.4. The zero-order valence-corrected chi connectivity index (χ0v) is 20.3. The molecule has 2 aromatic heterocycles. The number of hydrogen-bond donors (Lipinski definition) is 1. The van der Waals surface area contributed by atoms with Crippen LogP contribution in [0.5, 0.6) is 0 Å². The van der Waals surface area contributed by atoms with Crippen LogP contribution in [-0.2, 0) is 0 Å². The first-order valence-corrected chi connectivity index (χ1v) is 12.8. The molecule has 7 nitrogen and oxygen atoms in total. The van der Waals surface area contributed by atoms with Gasteiger partial charge in [0.05, 0.1) is 6.04 Å². The number of benzene rings is 2. The predicted molar refractivity (Wildman–Crippen MR) is 140 cm³/mol. The number of nitrogens with one attached hydrogen (secondary N) is 1. The Labute approximate surface area is 207 Å². The summed E-state index contributed by atoms with van der Waals surface area (Å²) in [5, 5.41) is 15.7. The Morgan fingerprint density at radius 3 is 2.14 bits per heavy atom. The largest absolute Gasteiger partial charge is 0.369 e. The van der Waals surface area contributed by atoms with Crippen LogP contribution in [-0.4, -0.2) is 68.9 Å². The smallest absolute Gasteiger partial charge is 0.177 e. The van der Waals surface area contributed by atoms with Gasteiger partial charge >= 0.3 is 0 Å². The second-order valence-corrected chi connectivity index (χ2v) is 9.29. The summed E-state index contributed by atoms with van der Waals surface area (Å²) in [5.74, 6) is 0.875. The highest BCUT2D eigenvalue weighted by Crippen LogP contribution is 2.29. The lowest BCUT2D eigenvalue weighted by Gasteiger charge is -2.39. The number of piperazine rings is 1. The Bertz CT molecular complexity index is 1110. The van der Waals surface area contributed by atoms with Crippen LogP contribution in [0.1, 0.15) is 42.9 Å². The molecule has 0 bridgehead atoms. The normalized spacial score (nSPS) is 15.1. The van der Waals surface area contributed by atoms with E-state index in [9.17, 15) is 0 Å². The van der Waals surface area contributed by atoms with Crippen molar-refractivity contribution in [2.24, 2.45) is 0 Å². The third kappa shape index (κ3) is 6.24. The first-order valence-electron chi connectivity index (χ1n) is 12.8. The average molecular weight is 470 g/mol. The zero-order chi connectivity index (χ0) is 23.7. The first-order chi connectivity index (χ1) is 17.4. The fourth-order valence-corrected chi connectivity index (χ4v) is 4.98. The molecule has 0 spiro atoms. The van der Waals surface area contributed by atoms with Gasteiger partial charge in [-0.2, -0.15) is 4.52 Å². The number of rotatable bonds is 11. The monoisotopic (exact) mass is 469 g/mol. The van der Waals surface area contributed by atoms with Gasteiger partial charge in [-0.15, -0.1) is 15.3 Å². The molecular weight excluding hydrogens is 434 g/mol. The molecule has 1 aliphatic rings. The van der Waals surface area contributed by atoms with Crippen LogP contribution in [0.2, 0.25) is 0 Å². The maximum absolute atomic E-state index is 4.46. The maximum atomic E-state index is 4.46. The topological polar surface area (TPSA) is 61.6 Å². The molecular formula is C28H35N7. The Morgan fingerprint density at radius 2 is 1.43 bits per heavy atom. The van der Waals surface area contributed by atoms with Crippen molar-refractivity contribution in [2.75, 3.05) is 44.6 Å². The molecule has 0 unspecified atom stereocenters. The predicted octanol–water partition coefficient (Wildman–Crippen LogP) is 4.50. The van der Waals surface area contributed by atoms with Crippen LogP contribution in [0.15, 0.2) is 79.1 Å². The van der Waals surface area contributed by atoms with Crippen LogP contribution in [0.25, 0.3) is 5.65 Å². The van der Waals surface area contributed by atoms with E-state index in [1.165, 1.54) is 36.9 Å². The molecule has 1 aliphatic heterocycles. The Hall–Kier alpha value is -3.29. The van der Waals surface area contributed by atoms with E-state index >= 15 is 0 Å². The van der Waals surface area contributed by atoms with Crippen LogP contribution in [0.4, 0.5) is 5.82 Å². The summed E-state index contributed by atoms with van der Waals surface area (Å²) in [6.45, 7) is 6.67. The van der Waals surface area contributed by atoms with Crippen molar-refractivity contribution in [3.05, 3.63) is 90.3 Å². The molecule has 2 aromatic carbocycles. The Morgan fingerprint density at radius 1 is 0.743 bits per heavy atom. The number of hydrogen-bond acceptors (Lipinski definition) is 6. The van der Waals surface area contributed by atoms with Gasteiger partial charge in [-0.3, -0.25) is 4.90 Å². The van der Waals surface area contributed by atoms with Crippen molar-refractivity contribution < 1.29 is 0 Å². The summed E-state index contributed by atoms with van der Waals surface area (Å²) in [5.41, 5.74) is 3.54. The lowest BCUT2D eigenvalue weighted by atomic mass is 9.96. The molecule has 4 aromatic rings. The summed E-state index contributed by atoms with van der Waals surface area (Å²) < 4.78 is 1.70. The molecule has 1 N–H and O–H groups in total. The number of aromatic nitrogens is 4. The van der Waals surface area contributed by atoms with Crippen molar-refractivity contribution in [1.82, 2.24) is 29.6 Å². The fraction of sp³-hybridized carbons (Fsp3) is 0.393. The van der Waals surface area contributed by atoms with E-state index in [1.54, 1.807) is 10.8 Å². The number of unbranched alkanes of at least 4 members (excludes halogenated alkanes) is 3. The number of anilines is 1. The Kier molecular flexibility index (Phi) is 7.98. The van der Waals surface area contributed by atoms with Gasteiger partial charge in [0.15, 0.2) is 5.65 Å². The van der Waals surface area contributed by atoms with E-state index in [-0.39, 0.29) is 0 Å². The van der Waals surface area contributed by atoms with Gasteiger partial charge in [0, 0.05) is 32.7 Å². The van der Waals surface area contributed by atoms with Gasteiger partial charge in [-0.25, -0.2) is 0 Å². The molecule has 1 fully saturated rings. The summed E-state index contributed by atoms with van der Waals surface area (Å²) in [6.07, 6.45) is 6.57. The van der Waals surface area contributed by atoms with Crippen molar-refractivity contribution in [3.8, 4) is 0 Å². The minimum Gasteiger partial charge on any atom is -0.369 e. The minimum absolute atomic E-state index is 0.340. The highest BCUT2D eigenvalue weighted by Gasteiger charge is 2.26. The minimum atomic E-state index is 0.340. The average Bonchev–Trinajstić information content (AvgIpc) is 3.38. The molecule has 1 saturated heterocycles. The first kappa shape index (κ1) is 23.5. The second kappa shape index (κ2) is 11.9. The van der Waals surface area contributed by atoms with Gasteiger partial charge < -0.3 is 10.2 Å². The van der Waals surface area contributed by atoms with Gasteiger partial charge in [-0.1, -0.05) is 73.5 Å². The van der Waals surface area contributed by atoms with Crippen molar-refractivity contribution in [1.29, 1.82) is 0 Å². The van der Waals surface area contributed by atoms with Crippen LogP contribution >= 0.6 is 0 Å². The van der Waals surface area contributed by atoms with Gasteiger partial charge in [0.1, 0.15) is 12.1 Å². The molecule has 35 heavy (non-hydrogen) atoms. The van der Waals surface area contributed by atoms with Crippen molar-refractivity contribution in [2.45, 2.75) is 31.7 Å². The van der Waals surface area contributed by atoms with E-state index in [0.717, 1.165) is 50.6 Å². The summed E-state index contributed by atoms with van der Waals surface area (Å²) in [7, 11) is 0. The fourth-order valence-electron chi connectivity index (χ4n) is 4.98. The standard InChI is InChI=1S/C28H35N7/c1(9-17-29-26-15-16-27-31-30-23-35(27)32-26)2-10-18-33-19-21-34(22-20-33)28(24-11-5-3-6-12-24)25-13-7-4-8-14-25/h3-8,11-16,23,28H,1-2,9-10,17-22H2,(H,29,32). The lowest BCUT2D eigenvalue weighted by Crippen LogP contribution is -2.48. The lowest BCUT2D eigenvalue weighted by molar-refractivity contribution is 0.108. The highest BCUT2D eigenvalue weighted by molar-refractivity contribution is 5.42. The SMILES string of the molecule is c1ccc(C(c2ccccc2)N2CCN(CCCCCCNc3ccc4nncn4n3)CC2)cc1. The van der Waals surface area contributed by atoms with Crippen LogP contribution in [0.3, 0.4) is 0 Å². The van der Waals surface area contributed by atoms with E-state index < -0.39 is 0 Å². The maximum Gasteiger partial charge on any atom is 0.177 e. The quantitative estimate of drug-likeness (QED) is 0.326. The molecule has 0 amide bonds. The van der Waals surface area contributed by atoms with E-state index in [4.69, 9.17) is 0 Å². The summed E-state index contributed by atoms with van der Waals surface area (Å²) >= 11 is 0. The molecule has 7 heteroatoms. The summed E-state index contributed by atoms with van der Waals surface area (Å²) in [4.78, 5) is 5.29. The number of fused-ring (bicyclic) bond motifs is 1. The molecule has 182 valence electrons. The molecule has 0 aliphatic carbocycles. The van der Waals surface area contributed by atoms with Crippen molar-refractivity contribution >= 4 is 11.5 Å². The van der Waals surface area contributed by atoms with Crippen LogP contribution in [0, 0.1) is 0 Å². The molecule has 0 radical (unpaired) electrons. The molecule has 0 saturated carbocycles. The van der Waals surface area contributed by atoms with Crippen molar-refractivity contribution in [3.63, 3.8) is 0 Å². The number of nitrogens with zero attached hydrogens (tertiary/aromatic N) is 6. The zero-order valence-electron chi connectivity index (χ0n) is 20.3. The summed E-state index contributed by atoms with van der Waals surface area (Å²) in [6, 6.07) is 26.1. The molecule has 3 heterocycles. The van der Waals surface area contributed by atoms with Gasteiger partial charge in [0.2, 0.25) is 0 Å². The Balaban J connectivity index is 1.01. The third-order valence-corrected chi connectivity index (χ3v) is 6.87. The molecule has 5 rings (SSSR count). The van der Waals surface area contributed by atoms with Crippen LogP contribution < -0.4 is 5.32 Å². The van der Waals surface area contributed by atoms with Gasteiger partial charge in [-0.05, 0) is 42.6 Å². The van der Waals surface area contributed by atoms with Gasteiger partial charge in [0.25, 0.3) is 0 Å². The van der Waals surface area contributed by atoms with E-state index in [2.05, 4.69) is 91.1 Å².